The molecule has 1 aromatic heterocycles. The second kappa shape index (κ2) is 5.95. The van der Waals surface area contributed by atoms with Crippen LogP contribution in [0.4, 0.5) is 0 Å². The van der Waals surface area contributed by atoms with Gasteiger partial charge in [-0.2, -0.15) is 0 Å². The number of Topliss-reactive ketones (excluding diaryl/α,β-unsaturated/α-hetero) is 1. The lowest BCUT2D eigenvalue weighted by atomic mass is 9.79. The minimum Gasteiger partial charge on any atom is -0.299 e. The Balaban J connectivity index is 1.81. The topological polar surface area (TPSA) is 30.0 Å². The number of aromatic nitrogens is 1. The molecule has 92 valence electrons. The molecule has 2 atom stereocenters. The number of carbonyl (C=O) groups excluding carboxylic acids is 1. The van der Waals surface area contributed by atoms with E-state index in [1.54, 1.807) is 12.4 Å². The lowest BCUT2D eigenvalue weighted by molar-refractivity contribution is -0.124. The Labute approximate surface area is 103 Å². The van der Waals surface area contributed by atoms with Crippen molar-refractivity contribution in [3.8, 4) is 0 Å². The molecule has 17 heavy (non-hydrogen) atoms. The summed E-state index contributed by atoms with van der Waals surface area (Å²) in [6.45, 7) is 2.27. The van der Waals surface area contributed by atoms with Gasteiger partial charge in [-0.1, -0.05) is 19.8 Å². The SMILES string of the molecule is CC1CCCC(C(=O)CCc2ccncc2)C1. The summed E-state index contributed by atoms with van der Waals surface area (Å²) < 4.78 is 0. The molecular weight excluding hydrogens is 210 g/mol. The van der Waals surface area contributed by atoms with E-state index in [-0.39, 0.29) is 0 Å². The van der Waals surface area contributed by atoms with E-state index in [9.17, 15) is 4.79 Å². The van der Waals surface area contributed by atoms with Crippen molar-refractivity contribution in [2.75, 3.05) is 0 Å². The Hall–Kier alpha value is -1.18. The lowest BCUT2D eigenvalue weighted by Crippen LogP contribution is -2.22. The fraction of sp³-hybridized carbons (Fsp3) is 0.600. The third kappa shape index (κ3) is 3.65. The van der Waals surface area contributed by atoms with Crippen LogP contribution < -0.4 is 0 Å². The summed E-state index contributed by atoms with van der Waals surface area (Å²) in [5, 5.41) is 0. The van der Waals surface area contributed by atoms with Crippen molar-refractivity contribution in [2.45, 2.75) is 45.4 Å². The minimum atomic E-state index is 0.334. The van der Waals surface area contributed by atoms with Gasteiger partial charge in [0.15, 0.2) is 0 Å². The number of carbonyl (C=O) groups is 1. The van der Waals surface area contributed by atoms with Gasteiger partial charge in [-0.15, -0.1) is 0 Å². The highest BCUT2D eigenvalue weighted by atomic mass is 16.1. The van der Waals surface area contributed by atoms with E-state index in [2.05, 4.69) is 11.9 Å². The maximum Gasteiger partial charge on any atom is 0.136 e. The molecule has 0 aromatic carbocycles. The Morgan fingerprint density at radius 3 is 2.82 bits per heavy atom. The van der Waals surface area contributed by atoms with Crippen LogP contribution in [-0.2, 0) is 11.2 Å². The third-order valence-corrected chi connectivity index (χ3v) is 3.80. The molecule has 0 amide bonds. The molecule has 1 aliphatic rings. The monoisotopic (exact) mass is 231 g/mol. The zero-order chi connectivity index (χ0) is 12.1. The van der Waals surface area contributed by atoms with Crippen LogP contribution in [0.3, 0.4) is 0 Å². The molecule has 1 saturated carbocycles. The summed E-state index contributed by atoms with van der Waals surface area (Å²) in [5.74, 6) is 1.53. The number of aryl methyl sites for hydroxylation is 1. The number of nitrogens with zero attached hydrogens (tertiary/aromatic N) is 1. The zero-order valence-electron chi connectivity index (χ0n) is 10.6. The first-order valence-electron chi connectivity index (χ1n) is 6.67. The predicted molar refractivity (Wildman–Crippen MR) is 68.7 cm³/mol. The molecular formula is C15H21NO. The van der Waals surface area contributed by atoms with Gasteiger partial charge in [-0.3, -0.25) is 9.78 Å². The normalized spacial score (nSPS) is 24.5. The molecule has 0 radical (unpaired) electrons. The molecule has 0 aliphatic heterocycles. The average Bonchev–Trinajstić information content (AvgIpc) is 2.37. The van der Waals surface area contributed by atoms with Crippen molar-refractivity contribution >= 4 is 5.78 Å². The zero-order valence-corrected chi connectivity index (χ0v) is 10.6. The molecule has 2 unspecified atom stereocenters. The third-order valence-electron chi connectivity index (χ3n) is 3.80. The van der Waals surface area contributed by atoms with Gasteiger partial charge in [0.25, 0.3) is 0 Å². The summed E-state index contributed by atoms with van der Waals surface area (Å²) in [6.07, 6.45) is 9.90. The molecule has 0 N–H and O–H groups in total. The Bertz CT molecular complexity index is 360. The Kier molecular flexibility index (Phi) is 4.29. The quantitative estimate of drug-likeness (QED) is 0.794. The second-order valence-corrected chi connectivity index (χ2v) is 5.29. The van der Waals surface area contributed by atoms with Gasteiger partial charge in [0.2, 0.25) is 0 Å². The molecule has 2 heteroatoms. The highest BCUT2D eigenvalue weighted by Gasteiger charge is 2.24. The first-order valence-corrected chi connectivity index (χ1v) is 6.67. The molecule has 0 saturated heterocycles. The van der Waals surface area contributed by atoms with Crippen LogP contribution >= 0.6 is 0 Å². The van der Waals surface area contributed by atoms with E-state index in [0.29, 0.717) is 18.1 Å². The van der Waals surface area contributed by atoms with Crippen LogP contribution in [-0.4, -0.2) is 10.8 Å². The van der Waals surface area contributed by atoms with Gasteiger partial charge >= 0.3 is 0 Å². The minimum absolute atomic E-state index is 0.334. The van der Waals surface area contributed by atoms with Crippen molar-refractivity contribution in [1.82, 2.24) is 4.98 Å². The summed E-state index contributed by atoms with van der Waals surface area (Å²) >= 11 is 0. The molecule has 2 nitrogen and oxygen atoms in total. The summed E-state index contributed by atoms with van der Waals surface area (Å²) in [6, 6.07) is 3.99. The molecule has 1 aromatic rings. The van der Waals surface area contributed by atoms with Crippen molar-refractivity contribution in [3.63, 3.8) is 0 Å². The lowest BCUT2D eigenvalue weighted by Gasteiger charge is -2.25. The first kappa shape index (κ1) is 12.3. The van der Waals surface area contributed by atoms with Crippen LogP contribution in [0.2, 0.25) is 0 Å². The Morgan fingerprint density at radius 2 is 2.12 bits per heavy atom. The van der Waals surface area contributed by atoms with Gasteiger partial charge in [0.05, 0.1) is 0 Å². The fourth-order valence-corrected chi connectivity index (χ4v) is 2.75. The van der Waals surface area contributed by atoms with Crippen molar-refractivity contribution in [1.29, 1.82) is 0 Å². The van der Waals surface area contributed by atoms with Crippen molar-refractivity contribution in [3.05, 3.63) is 30.1 Å². The first-order chi connectivity index (χ1) is 8.25. The van der Waals surface area contributed by atoms with Crippen LogP contribution in [0, 0.1) is 11.8 Å². The average molecular weight is 231 g/mol. The summed E-state index contributed by atoms with van der Waals surface area (Å²) in [4.78, 5) is 16.1. The van der Waals surface area contributed by atoms with Gasteiger partial charge < -0.3 is 0 Å². The highest BCUT2D eigenvalue weighted by molar-refractivity contribution is 5.81. The van der Waals surface area contributed by atoms with Crippen molar-refractivity contribution < 1.29 is 4.79 Å². The number of ketones is 1. The van der Waals surface area contributed by atoms with Crippen LogP contribution in [0.15, 0.2) is 24.5 Å². The van der Waals surface area contributed by atoms with Crippen LogP contribution in [0.5, 0.6) is 0 Å². The Morgan fingerprint density at radius 1 is 1.35 bits per heavy atom. The molecule has 1 fully saturated rings. The number of rotatable bonds is 4. The van der Waals surface area contributed by atoms with E-state index in [1.165, 1.54) is 18.4 Å². The molecule has 2 rings (SSSR count). The van der Waals surface area contributed by atoms with Gasteiger partial charge in [-0.25, -0.2) is 0 Å². The molecule has 0 spiro atoms. The molecule has 0 bridgehead atoms. The summed E-state index contributed by atoms with van der Waals surface area (Å²) in [7, 11) is 0. The molecule has 1 heterocycles. The van der Waals surface area contributed by atoms with E-state index in [0.717, 1.165) is 25.2 Å². The maximum absolute atomic E-state index is 12.1. The van der Waals surface area contributed by atoms with Crippen molar-refractivity contribution in [2.24, 2.45) is 11.8 Å². The standard InChI is InChI=1S/C15H21NO/c1-12-3-2-4-14(11-12)15(17)6-5-13-7-9-16-10-8-13/h7-10,12,14H,2-6,11H2,1H3. The van der Waals surface area contributed by atoms with E-state index >= 15 is 0 Å². The van der Waals surface area contributed by atoms with Gasteiger partial charge in [0, 0.05) is 24.7 Å². The van der Waals surface area contributed by atoms with E-state index in [4.69, 9.17) is 0 Å². The predicted octanol–water partition coefficient (Wildman–Crippen LogP) is 3.41. The number of hydrogen-bond acceptors (Lipinski definition) is 2. The fourth-order valence-electron chi connectivity index (χ4n) is 2.75. The van der Waals surface area contributed by atoms with Crippen LogP contribution in [0.1, 0.15) is 44.6 Å². The highest BCUT2D eigenvalue weighted by Crippen LogP contribution is 2.30. The second-order valence-electron chi connectivity index (χ2n) is 5.29. The maximum atomic E-state index is 12.1. The van der Waals surface area contributed by atoms with Crippen LogP contribution in [0.25, 0.3) is 0 Å². The summed E-state index contributed by atoms with van der Waals surface area (Å²) in [5.41, 5.74) is 1.22. The van der Waals surface area contributed by atoms with Gasteiger partial charge in [-0.05, 0) is 42.9 Å². The van der Waals surface area contributed by atoms with E-state index in [1.807, 2.05) is 12.1 Å². The number of pyridine rings is 1. The van der Waals surface area contributed by atoms with E-state index < -0.39 is 0 Å². The number of hydrogen-bond donors (Lipinski definition) is 0. The largest absolute Gasteiger partial charge is 0.299 e. The molecule has 1 aliphatic carbocycles. The smallest absolute Gasteiger partial charge is 0.136 e. The van der Waals surface area contributed by atoms with Gasteiger partial charge in [0.1, 0.15) is 5.78 Å².